The SMILES string of the molecule is C[C@@H](Sc1nnc(-c2ccc3c(c2)OCO3)o1)C(=O)Nc1ccc2c(c1)OCCO2. The molecule has 5 rings (SSSR count). The maximum Gasteiger partial charge on any atom is 0.277 e. The molecule has 10 heteroatoms. The van der Waals surface area contributed by atoms with Crippen LogP contribution < -0.4 is 24.3 Å². The van der Waals surface area contributed by atoms with Crippen molar-refractivity contribution in [2.75, 3.05) is 25.3 Å². The van der Waals surface area contributed by atoms with Gasteiger partial charge < -0.3 is 28.7 Å². The molecule has 1 atom stereocenters. The van der Waals surface area contributed by atoms with Crippen molar-refractivity contribution in [3.8, 4) is 34.5 Å². The van der Waals surface area contributed by atoms with Crippen molar-refractivity contribution >= 4 is 23.4 Å². The number of aromatic nitrogens is 2. The number of nitrogens with one attached hydrogen (secondary N) is 1. The Morgan fingerprint density at radius 1 is 0.967 bits per heavy atom. The molecule has 0 unspecified atom stereocenters. The molecule has 0 saturated heterocycles. The zero-order chi connectivity index (χ0) is 20.5. The molecule has 154 valence electrons. The second-order valence-corrected chi connectivity index (χ2v) is 7.84. The van der Waals surface area contributed by atoms with Crippen molar-refractivity contribution in [2.24, 2.45) is 0 Å². The van der Waals surface area contributed by atoms with E-state index in [-0.39, 0.29) is 12.7 Å². The monoisotopic (exact) mass is 427 g/mol. The highest BCUT2D eigenvalue weighted by molar-refractivity contribution is 8.00. The first-order valence-electron chi connectivity index (χ1n) is 9.26. The van der Waals surface area contributed by atoms with Crippen molar-refractivity contribution in [1.82, 2.24) is 10.2 Å². The first kappa shape index (κ1) is 18.6. The van der Waals surface area contributed by atoms with Gasteiger partial charge in [0.1, 0.15) is 13.2 Å². The summed E-state index contributed by atoms with van der Waals surface area (Å²) in [5, 5.41) is 10.8. The zero-order valence-corrected chi connectivity index (χ0v) is 16.7. The van der Waals surface area contributed by atoms with Crippen LogP contribution in [0.15, 0.2) is 46.0 Å². The number of rotatable bonds is 5. The Hall–Kier alpha value is -3.40. The lowest BCUT2D eigenvalue weighted by molar-refractivity contribution is -0.115. The predicted octanol–water partition coefficient (Wildman–Crippen LogP) is 3.36. The molecule has 0 spiro atoms. The van der Waals surface area contributed by atoms with Gasteiger partial charge in [-0.25, -0.2) is 0 Å². The fourth-order valence-corrected chi connectivity index (χ4v) is 3.66. The molecule has 2 aromatic carbocycles. The molecule has 2 aliphatic rings. The van der Waals surface area contributed by atoms with Crippen molar-refractivity contribution in [1.29, 1.82) is 0 Å². The van der Waals surface area contributed by atoms with Crippen LogP contribution in [0, 0.1) is 0 Å². The number of fused-ring (bicyclic) bond motifs is 2. The van der Waals surface area contributed by atoms with E-state index in [0.29, 0.717) is 58.6 Å². The third-order valence-corrected chi connectivity index (χ3v) is 5.42. The van der Waals surface area contributed by atoms with Crippen LogP contribution >= 0.6 is 11.8 Å². The largest absolute Gasteiger partial charge is 0.486 e. The van der Waals surface area contributed by atoms with E-state index in [1.807, 2.05) is 6.07 Å². The van der Waals surface area contributed by atoms with Crippen LogP contribution in [0.4, 0.5) is 5.69 Å². The number of anilines is 1. The molecule has 2 aliphatic heterocycles. The Morgan fingerprint density at radius 2 is 1.70 bits per heavy atom. The quantitative estimate of drug-likeness (QED) is 0.614. The number of amides is 1. The Kier molecular flexibility index (Phi) is 4.83. The molecule has 0 radical (unpaired) electrons. The van der Waals surface area contributed by atoms with Gasteiger partial charge in [-0.05, 0) is 37.3 Å². The van der Waals surface area contributed by atoms with Crippen LogP contribution in [-0.2, 0) is 4.79 Å². The topological polar surface area (TPSA) is 105 Å². The minimum Gasteiger partial charge on any atom is -0.486 e. The molecule has 0 bridgehead atoms. The van der Waals surface area contributed by atoms with Gasteiger partial charge in [-0.15, -0.1) is 10.2 Å². The maximum atomic E-state index is 12.6. The van der Waals surface area contributed by atoms with Gasteiger partial charge in [0, 0.05) is 17.3 Å². The summed E-state index contributed by atoms with van der Waals surface area (Å²) < 4.78 is 27.4. The van der Waals surface area contributed by atoms with Gasteiger partial charge in [-0.3, -0.25) is 4.79 Å². The first-order chi connectivity index (χ1) is 14.7. The number of carbonyl (C=O) groups is 1. The molecule has 9 nitrogen and oxygen atoms in total. The van der Waals surface area contributed by atoms with Gasteiger partial charge in [0.15, 0.2) is 23.0 Å². The number of hydrogen-bond donors (Lipinski definition) is 1. The average molecular weight is 427 g/mol. The van der Waals surface area contributed by atoms with Crippen molar-refractivity contribution in [2.45, 2.75) is 17.4 Å². The highest BCUT2D eigenvalue weighted by atomic mass is 32.2. The van der Waals surface area contributed by atoms with Crippen LogP contribution in [-0.4, -0.2) is 41.4 Å². The summed E-state index contributed by atoms with van der Waals surface area (Å²) in [5.74, 6) is 2.74. The van der Waals surface area contributed by atoms with Gasteiger partial charge >= 0.3 is 0 Å². The van der Waals surface area contributed by atoms with E-state index >= 15 is 0 Å². The third-order valence-electron chi connectivity index (χ3n) is 4.48. The molecule has 0 fully saturated rings. The van der Waals surface area contributed by atoms with E-state index < -0.39 is 5.25 Å². The van der Waals surface area contributed by atoms with Gasteiger partial charge in [-0.1, -0.05) is 11.8 Å². The van der Waals surface area contributed by atoms with Gasteiger partial charge in [0.25, 0.3) is 5.22 Å². The highest BCUT2D eigenvalue weighted by Gasteiger charge is 2.21. The molecule has 3 aromatic rings. The molecule has 3 heterocycles. The highest BCUT2D eigenvalue weighted by Crippen LogP contribution is 2.36. The summed E-state index contributed by atoms with van der Waals surface area (Å²) >= 11 is 1.18. The number of ether oxygens (including phenoxy) is 4. The molecule has 1 amide bonds. The summed E-state index contributed by atoms with van der Waals surface area (Å²) in [5.41, 5.74) is 1.34. The standard InChI is InChI=1S/C20H17N3O6S/c1-11(18(24)21-13-3-5-14-17(9-13)26-7-6-25-14)30-20-23-22-19(29-20)12-2-4-15-16(8-12)28-10-27-15/h2-5,8-9,11H,6-7,10H2,1H3,(H,21,24)/t11-/m1/s1. The Morgan fingerprint density at radius 3 is 2.60 bits per heavy atom. The van der Waals surface area contributed by atoms with Crippen LogP contribution in [0.3, 0.4) is 0 Å². The van der Waals surface area contributed by atoms with E-state index in [9.17, 15) is 4.79 Å². The molecular weight excluding hydrogens is 410 g/mol. The molecule has 0 aliphatic carbocycles. The van der Waals surface area contributed by atoms with E-state index in [4.69, 9.17) is 23.4 Å². The van der Waals surface area contributed by atoms with Crippen LogP contribution in [0.25, 0.3) is 11.5 Å². The van der Waals surface area contributed by atoms with Crippen molar-refractivity contribution in [3.05, 3.63) is 36.4 Å². The zero-order valence-electron chi connectivity index (χ0n) is 15.9. The Labute approximate surface area is 175 Å². The minimum atomic E-state index is -0.455. The number of nitrogens with zero attached hydrogens (tertiary/aromatic N) is 2. The number of carbonyl (C=O) groups excluding carboxylic acids is 1. The Bertz CT molecular complexity index is 1100. The first-order valence-corrected chi connectivity index (χ1v) is 10.1. The minimum absolute atomic E-state index is 0.194. The Balaban J connectivity index is 1.23. The fourth-order valence-electron chi connectivity index (χ4n) is 2.97. The smallest absolute Gasteiger partial charge is 0.277 e. The van der Waals surface area contributed by atoms with Gasteiger partial charge in [0.05, 0.1) is 5.25 Å². The number of benzene rings is 2. The third kappa shape index (κ3) is 3.73. The van der Waals surface area contributed by atoms with Crippen molar-refractivity contribution < 1.29 is 28.2 Å². The van der Waals surface area contributed by atoms with Crippen LogP contribution in [0.2, 0.25) is 0 Å². The lowest BCUT2D eigenvalue weighted by Gasteiger charge is -2.19. The summed E-state index contributed by atoms with van der Waals surface area (Å²) in [6, 6.07) is 10.7. The number of thioether (sulfide) groups is 1. The average Bonchev–Trinajstić information content (AvgIpc) is 3.42. The van der Waals surface area contributed by atoms with Crippen LogP contribution in [0.1, 0.15) is 6.92 Å². The van der Waals surface area contributed by atoms with Gasteiger partial charge in [0.2, 0.25) is 18.6 Å². The van der Waals surface area contributed by atoms with Gasteiger partial charge in [-0.2, -0.15) is 0 Å². The van der Waals surface area contributed by atoms with E-state index in [0.717, 1.165) is 0 Å². The molecule has 1 N–H and O–H groups in total. The molecular formula is C20H17N3O6S. The van der Waals surface area contributed by atoms with E-state index in [1.165, 1.54) is 11.8 Å². The molecule has 30 heavy (non-hydrogen) atoms. The molecule has 1 aromatic heterocycles. The summed E-state index contributed by atoms with van der Waals surface area (Å²) in [6.45, 7) is 2.96. The summed E-state index contributed by atoms with van der Waals surface area (Å²) in [6.07, 6.45) is 0. The fraction of sp³-hybridized carbons (Fsp3) is 0.250. The lowest BCUT2D eigenvalue weighted by atomic mass is 10.2. The van der Waals surface area contributed by atoms with Crippen molar-refractivity contribution in [3.63, 3.8) is 0 Å². The second-order valence-electron chi connectivity index (χ2n) is 6.55. The van der Waals surface area contributed by atoms with E-state index in [2.05, 4.69) is 15.5 Å². The number of hydrogen-bond acceptors (Lipinski definition) is 9. The summed E-state index contributed by atoms with van der Waals surface area (Å²) in [4.78, 5) is 12.6. The second kappa shape index (κ2) is 7.79. The maximum absolute atomic E-state index is 12.6. The molecule has 0 saturated carbocycles. The predicted molar refractivity (Wildman–Crippen MR) is 107 cm³/mol. The van der Waals surface area contributed by atoms with Crippen LogP contribution in [0.5, 0.6) is 23.0 Å². The normalized spacial score (nSPS) is 15.0. The summed E-state index contributed by atoms with van der Waals surface area (Å²) in [7, 11) is 0. The van der Waals surface area contributed by atoms with E-state index in [1.54, 1.807) is 37.3 Å². The lowest BCUT2D eigenvalue weighted by Crippen LogP contribution is -2.22.